The highest BCUT2D eigenvalue weighted by Gasteiger charge is 2.37. The van der Waals surface area contributed by atoms with Crippen LogP contribution in [0.25, 0.3) is 0 Å². The molecule has 1 atom stereocenters. The van der Waals surface area contributed by atoms with Gasteiger partial charge in [0.2, 0.25) is 0 Å². The van der Waals surface area contributed by atoms with E-state index in [2.05, 4.69) is 5.32 Å². The predicted octanol–water partition coefficient (Wildman–Crippen LogP) is 0.512. The van der Waals surface area contributed by atoms with Gasteiger partial charge in [-0.05, 0) is 30.2 Å². The molecule has 5 heteroatoms. The monoisotopic (exact) mass is 295 g/mol. The number of hydrogen-bond acceptors (Lipinski definition) is 2. The van der Waals surface area contributed by atoms with E-state index in [1.54, 1.807) is 29.2 Å². The Morgan fingerprint density at radius 3 is 2.60 bits per heavy atom. The number of benzene rings is 1. The lowest BCUT2D eigenvalue weighted by molar-refractivity contribution is -0.917. The molecule has 1 aromatic rings. The summed E-state index contributed by atoms with van der Waals surface area (Å²) < 4.78 is 5.47. The maximum Gasteiger partial charge on any atom is 0.258 e. The third-order valence-electron chi connectivity index (χ3n) is 4.34. The first-order chi connectivity index (χ1) is 9.70. The zero-order chi connectivity index (χ0) is 13.9. The molecule has 0 radical (unpaired) electrons. The fourth-order valence-corrected chi connectivity index (χ4v) is 3.36. The lowest BCUT2D eigenvalue weighted by atomic mass is 9.84. The fourth-order valence-electron chi connectivity index (χ4n) is 3.23. The summed E-state index contributed by atoms with van der Waals surface area (Å²) in [5, 5.41) is 3.79. The average molecular weight is 296 g/mol. The van der Waals surface area contributed by atoms with Gasteiger partial charge in [-0.25, -0.2) is 0 Å². The van der Waals surface area contributed by atoms with Gasteiger partial charge in [0, 0.05) is 17.9 Å². The van der Waals surface area contributed by atoms with Crippen molar-refractivity contribution in [3.63, 3.8) is 0 Å². The molecule has 108 valence electrons. The number of halogens is 1. The largest absolute Gasteiger partial charge is 0.484 e. The molecule has 0 spiro atoms. The van der Waals surface area contributed by atoms with Crippen LogP contribution >= 0.6 is 11.6 Å². The lowest BCUT2D eigenvalue weighted by Crippen LogP contribution is -3.17. The first kappa shape index (κ1) is 13.7. The SMILES string of the molecule is O=C(COc1ccc(Cl)cc1)NC1C[NH+]2CCC1CC2. The Bertz CT molecular complexity index is 469. The zero-order valence-corrected chi connectivity index (χ0v) is 12.2. The Morgan fingerprint density at radius 1 is 1.30 bits per heavy atom. The van der Waals surface area contributed by atoms with E-state index in [-0.39, 0.29) is 12.5 Å². The van der Waals surface area contributed by atoms with Gasteiger partial charge in [0.1, 0.15) is 5.75 Å². The Hall–Kier alpha value is -1.26. The molecule has 0 aliphatic carbocycles. The average Bonchev–Trinajstić information content (AvgIpc) is 2.48. The quantitative estimate of drug-likeness (QED) is 0.850. The van der Waals surface area contributed by atoms with Gasteiger partial charge in [0.15, 0.2) is 6.61 Å². The summed E-state index contributed by atoms with van der Waals surface area (Å²) in [4.78, 5) is 13.6. The predicted molar refractivity (Wildman–Crippen MR) is 77.2 cm³/mol. The highest BCUT2D eigenvalue weighted by Crippen LogP contribution is 2.18. The molecule has 3 fully saturated rings. The van der Waals surface area contributed by atoms with Gasteiger partial charge in [0.25, 0.3) is 5.91 Å². The molecule has 0 aromatic heterocycles. The van der Waals surface area contributed by atoms with Crippen molar-refractivity contribution in [1.29, 1.82) is 0 Å². The van der Waals surface area contributed by atoms with Crippen molar-refractivity contribution in [1.82, 2.24) is 5.32 Å². The van der Waals surface area contributed by atoms with Gasteiger partial charge in [-0.2, -0.15) is 0 Å². The van der Waals surface area contributed by atoms with Gasteiger partial charge in [-0.3, -0.25) is 4.79 Å². The van der Waals surface area contributed by atoms with Crippen LogP contribution in [-0.4, -0.2) is 38.2 Å². The van der Waals surface area contributed by atoms with E-state index in [0.29, 0.717) is 22.7 Å². The van der Waals surface area contributed by atoms with Crippen molar-refractivity contribution >= 4 is 17.5 Å². The smallest absolute Gasteiger partial charge is 0.258 e. The molecule has 4 nitrogen and oxygen atoms in total. The number of carbonyl (C=O) groups is 1. The van der Waals surface area contributed by atoms with Crippen LogP contribution in [0, 0.1) is 5.92 Å². The summed E-state index contributed by atoms with van der Waals surface area (Å²) in [7, 11) is 0. The number of nitrogens with one attached hydrogen (secondary N) is 2. The van der Waals surface area contributed by atoms with Gasteiger partial charge in [-0.1, -0.05) is 11.6 Å². The van der Waals surface area contributed by atoms with Crippen LogP contribution in [0.4, 0.5) is 0 Å². The van der Waals surface area contributed by atoms with Gasteiger partial charge in [0.05, 0.1) is 25.7 Å². The normalized spacial score (nSPS) is 28.1. The third kappa shape index (κ3) is 3.25. The minimum absolute atomic E-state index is 0.0295. The lowest BCUT2D eigenvalue weighted by Gasteiger charge is -2.42. The van der Waals surface area contributed by atoms with Crippen molar-refractivity contribution < 1.29 is 14.4 Å². The Labute approximate surface area is 124 Å². The molecular formula is C15H20ClN2O2+. The standard InChI is InChI=1S/C15H19ClN2O2/c16-12-1-3-13(4-2-12)20-10-15(19)17-14-9-18-7-5-11(14)6-8-18/h1-4,11,14H,5-10H2,(H,17,19)/p+1. The Morgan fingerprint density at radius 2 is 2.00 bits per heavy atom. The zero-order valence-electron chi connectivity index (χ0n) is 11.4. The minimum atomic E-state index is -0.0295. The molecule has 3 saturated heterocycles. The van der Waals surface area contributed by atoms with E-state index in [0.717, 1.165) is 6.54 Å². The fraction of sp³-hybridized carbons (Fsp3) is 0.533. The molecule has 1 aromatic carbocycles. The molecule has 2 N–H and O–H groups in total. The van der Waals surface area contributed by atoms with Crippen LogP contribution < -0.4 is 15.0 Å². The molecule has 4 rings (SSSR count). The number of ether oxygens (including phenoxy) is 1. The maximum atomic E-state index is 12.0. The van der Waals surface area contributed by atoms with E-state index in [1.807, 2.05) is 0 Å². The maximum absolute atomic E-state index is 12.0. The van der Waals surface area contributed by atoms with Gasteiger partial charge < -0.3 is 15.0 Å². The third-order valence-corrected chi connectivity index (χ3v) is 4.60. The summed E-state index contributed by atoms with van der Waals surface area (Å²) in [5.74, 6) is 1.30. The number of fused-ring (bicyclic) bond motifs is 3. The van der Waals surface area contributed by atoms with E-state index < -0.39 is 0 Å². The summed E-state index contributed by atoms with van der Waals surface area (Å²) >= 11 is 5.80. The molecule has 1 unspecified atom stereocenters. The van der Waals surface area contributed by atoms with Crippen LogP contribution in [0.3, 0.4) is 0 Å². The number of hydrogen-bond donors (Lipinski definition) is 2. The van der Waals surface area contributed by atoms with Gasteiger partial charge in [-0.15, -0.1) is 0 Å². The number of carbonyl (C=O) groups excluding carboxylic acids is 1. The number of quaternary nitrogens is 1. The molecule has 1 amide bonds. The second-order valence-corrected chi connectivity index (χ2v) is 6.14. The molecular weight excluding hydrogens is 276 g/mol. The minimum Gasteiger partial charge on any atom is -0.484 e. The number of amides is 1. The molecule has 3 heterocycles. The van der Waals surface area contributed by atoms with Crippen LogP contribution in [0.5, 0.6) is 5.75 Å². The molecule has 2 bridgehead atoms. The second-order valence-electron chi connectivity index (χ2n) is 5.71. The van der Waals surface area contributed by atoms with Crippen LogP contribution in [0.2, 0.25) is 5.02 Å². The number of rotatable bonds is 4. The summed E-state index contributed by atoms with van der Waals surface area (Å²) in [6.45, 7) is 3.66. The van der Waals surface area contributed by atoms with E-state index in [9.17, 15) is 4.79 Å². The van der Waals surface area contributed by atoms with E-state index >= 15 is 0 Å². The van der Waals surface area contributed by atoms with Crippen molar-refractivity contribution in [2.45, 2.75) is 18.9 Å². The summed E-state index contributed by atoms with van der Waals surface area (Å²) in [6, 6.07) is 7.38. The van der Waals surface area contributed by atoms with E-state index in [1.165, 1.54) is 25.9 Å². The topological polar surface area (TPSA) is 42.8 Å². The highest BCUT2D eigenvalue weighted by atomic mass is 35.5. The number of piperidine rings is 3. The molecule has 3 aliphatic rings. The van der Waals surface area contributed by atoms with Gasteiger partial charge >= 0.3 is 0 Å². The van der Waals surface area contributed by atoms with Crippen molar-refractivity contribution in [3.05, 3.63) is 29.3 Å². The Balaban J connectivity index is 1.46. The first-order valence-electron chi connectivity index (χ1n) is 7.22. The summed E-state index contributed by atoms with van der Waals surface area (Å²) in [6.07, 6.45) is 2.47. The van der Waals surface area contributed by atoms with Crippen LogP contribution in [0.1, 0.15) is 12.8 Å². The summed E-state index contributed by atoms with van der Waals surface area (Å²) in [5.41, 5.74) is 0. The molecule has 0 saturated carbocycles. The second kappa shape index (κ2) is 6.02. The highest BCUT2D eigenvalue weighted by molar-refractivity contribution is 6.30. The van der Waals surface area contributed by atoms with E-state index in [4.69, 9.17) is 16.3 Å². The molecule has 20 heavy (non-hydrogen) atoms. The van der Waals surface area contributed by atoms with Crippen molar-refractivity contribution in [2.24, 2.45) is 5.92 Å². The van der Waals surface area contributed by atoms with Crippen LogP contribution in [-0.2, 0) is 4.79 Å². The van der Waals surface area contributed by atoms with Crippen molar-refractivity contribution in [3.8, 4) is 5.75 Å². The Kier molecular flexibility index (Phi) is 4.13. The van der Waals surface area contributed by atoms with Crippen LogP contribution in [0.15, 0.2) is 24.3 Å². The molecule has 3 aliphatic heterocycles. The van der Waals surface area contributed by atoms with Crippen molar-refractivity contribution in [2.75, 3.05) is 26.2 Å². The first-order valence-corrected chi connectivity index (χ1v) is 7.60.